The maximum absolute atomic E-state index is 11.7. The average Bonchev–Trinajstić information content (AvgIpc) is 2.15. The molecular formula is C12H25N3O2. The van der Waals surface area contributed by atoms with Gasteiger partial charge in [-0.25, -0.2) is 0 Å². The molecule has 0 fully saturated rings. The molecule has 0 heterocycles. The number of carbonyl (C=O) groups excluding carboxylic acids is 2. The molecule has 2 unspecified atom stereocenters. The first kappa shape index (κ1) is 15.9. The van der Waals surface area contributed by atoms with E-state index in [1.165, 1.54) is 0 Å². The number of rotatable bonds is 5. The summed E-state index contributed by atoms with van der Waals surface area (Å²) in [5.74, 6) is -0.474. The standard InChI is InChI=1S/C12H25N3O2/c1-6-7-9(13)11(17)14-8(2)10(16)15-12(3,4)5/h8-9H,6-7,13H2,1-5H3,(H,14,17)(H,15,16). The van der Waals surface area contributed by atoms with Crippen molar-refractivity contribution in [1.29, 1.82) is 0 Å². The van der Waals surface area contributed by atoms with Crippen LogP contribution >= 0.6 is 0 Å². The first-order chi connectivity index (χ1) is 7.67. The summed E-state index contributed by atoms with van der Waals surface area (Å²) in [4.78, 5) is 23.3. The van der Waals surface area contributed by atoms with Crippen LogP contribution in [0.4, 0.5) is 0 Å². The molecule has 100 valence electrons. The largest absolute Gasteiger partial charge is 0.350 e. The molecule has 0 radical (unpaired) electrons. The van der Waals surface area contributed by atoms with Gasteiger partial charge in [0.1, 0.15) is 6.04 Å². The minimum Gasteiger partial charge on any atom is -0.350 e. The molecule has 0 aromatic heterocycles. The molecule has 0 aromatic carbocycles. The zero-order chi connectivity index (χ0) is 13.6. The number of carbonyl (C=O) groups is 2. The van der Waals surface area contributed by atoms with E-state index in [9.17, 15) is 9.59 Å². The fourth-order valence-corrected chi connectivity index (χ4v) is 1.31. The lowest BCUT2D eigenvalue weighted by Crippen LogP contribution is -2.53. The van der Waals surface area contributed by atoms with E-state index in [0.29, 0.717) is 6.42 Å². The Morgan fingerprint density at radius 1 is 1.24 bits per heavy atom. The van der Waals surface area contributed by atoms with E-state index >= 15 is 0 Å². The first-order valence-corrected chi connectivity index (χ1v) is 6.05. The Hall–Kier alpha value is -1.10. The van der Waals surface area contributed by atoms with Gasteiger partial charge in [0.05, 0.1) is 6.04 Å². The van der Waals surface area contributed by atoms with Crippen molar-refractivity contribution in [2.75, 3.05) is 0 Å². The molecule has 5 nitrogen and oxygen atoms in total. The fraction of sp³-hybridized carbons (Fsp3) is 0.833. The Balaban J connectivity index is 4.21. The topological polar surface area (TPSA) is 84.2 Å². The molecule has 0 aliphatic rings. The van der Waals surface area contributed by atoms with Crippen LogP contribution in [0.15, 0.2) is 0 Å². The van der Waals surface area contributed by atoms with E-state index in [-0.39, 0.29) is 17.4 Å². The van der Waals surface area contributed by atoms with Gasteiger partial charge in [-0.2, -0.15) is 0 Å². The van der Waals surface area contributed by atoms with Crippen molar-refractivity contribution in [1.82, 2.24) is 10.6 Å². The Morgan fingerprint density at radius 2 is 1.76 bits per heavy atom. The number of hydrogen-bond acceptors (Lipinski definition) is 3. The lowest BCUT2D eigenvalue weighted by molar-refractivity contribution is -0.130. The predicted octanol–water partition coefficient (Wildman–Crippen LogP) is 0.533. The molecule has 17 heavy (non-hydrogen) atoms. The first-order valence-electron chi connectivity index (χ1n) is 6.05. The Bertz CT molecular complexity index is 271. The summed E-state index contributed by atoms with van der Waals surface area (Å²) >= 11 is 0. The monoisotopic (exact) mass is 243 g/mol. The predicted molar refractivity (Wildman–Crippen MR) is 68.4 cm³/mol. The number of nitrogens with one attached hydrogen (secondary N) is 2. The summed E-state index contributed by atoms with van der Waals surface area (Å²) in [7, 11) is 0. The van der Waals surface area contributed by atoms with Crippen molar-refractivity contribution in [3.8, 4) is 0 Å². The molecule has 5 heteroatoms. The van der Waals surface area contributed by atoms with Gasteiger partial charge in [-0.1, -0.05) is 13.3 Å². The van der Waals surface area contributed by atoms with Crippen molar-refractivity contribution in [2.24, 2.45) is 5.73 Å². The van der Waals surface area contributed by atoms with Crippen LogP contribution in [0.1, 0.15) is 47.5 Å². The van der Waals surface area contributed by atoms with Gasteiger partial charge in [-0.3, -0.25) is 9.59 Å². The van der Waals surface area contributed by atoms with Crippen LogP contribution in [0, 0.1) is 0 Å². The van der Waals surface area contributed by atoms with Crippen molar-refractivity contribution < 1.29 is 9.59 Å². The molecule has 0 saturated heterocycles. The molecule has 2 amide bonds. The van der Waals surface area contributed by atoms with Crippen molar-refractivity contribution >= 4 is 11.8 Å². The molecule has 0 rings (SSSR count). The zero-order valence-electron chi connectivity index (χ0n) is 11.5. The van der Waals surface area contributed by atoms with Crippen LogP contribution in [0.5, 0.6) is 0 Å². The molecule has 0 bridgehead atoms. The number of hydrogen-bond donors (Lipinski definition) is 3. The lowest BCUT2D eigenvalue weighted by atomic mass is 10.1. The normalized spacial score (nSPS) is 14.9. The molecule has 0 aromatic rings. The van der Waals surface area contributed by atoms with E-state index in [4.69, 9.17) is 5.73 Å². The quantitative estimate of drug-likeness (QED) is 0.658. The summed E-state index contributed by atoms with van der Waals surface area (Å²) in [6.45, 7) is 9.29. The van der Waals surface area contributed by atoms with Gasteiger partial charge in [-0.05, 0) is 34.1 Å². The molecule has 0 aliphatic carbocycles. The van der Waals surface area contributed by atoms with Crippen LogP contribution in [0.2, 0.25) is 0 Å². The van der Waals surface area contributed by atoms with E-state index in [1.54, 1.807) is 6.92 Å². The highest BCUT2D eigenvalue weighted by Crippen LogP contribution is 2.00. The Morgan fingerprint density at radius 3 is 2.18 bits per heavy atom. The van der Waals surface area contributed by atoms with Gasteiger partial charge in [0.2, 0.25) is 11.8 Å². The van der Waals surface area contributed by atoms with Crippen LogP contribution in [0.3, 0.4) is 0 Å². The third-order valence-corrected chi connectivity index (χ3v) is 2.19. The average molecular weight is 243 g/mol. The second-order valence-electron chi connectivity index (χ2n) is 5.36. The van der Waals surface area contributed by atoms with Crippen molar-refractivity contribution in [3.05, 3.63) is 0 Å². The molecular weight excluding hydrogens is 218 g/mol. The summed E-state index contributed by atoms with van der Waals surface area (Å²) in [6, 6.07) is -1.10. The molecule has 0 spiro atoms. The van der Waals surface area contributed by atoms with Crippen molar-refractivity contribution in [3.63, 3.8) is 0 Å². The number of amides is 2. The van der Waals surface area contributed by atoms with E-state index < -0.39 is 12.1 Å². The Kier molecular flexibility index (Phi) is 6.16. The van der Waals surface area contributed by atoms with Gasteiger partial charge < -0.3 is 16.4 Å². The minimum atomic E-state index is -0.565. The second-order valence-corrected chi connectivity index (χ2v) is 5.36. The van der Waals surface area contributed by atoms with Gasteiger partial charge in [-0.15, -0.1) is 0 Å². The van der Waals surface area contributed by atoms with Crippen LogP contribution in [-0.4, -0.2) is 29.4 Å². The van der Waals surface area contributed by atoms with Gasteiger partial charge in [0, 0.05) is 5.54 Å². The highest BCUT2D eigenvalue weighted by Gasteiger charge is 2.22. The lowest BCUT2D eigenvalue weighted by Gasteiger charge is -2.24. The Labute approximate surface area is 104 Å². The van der Waals surface area contributed by atoms with E-state index in [0.717, 1.165) is 6.42 Å². The summed E-state index contributed by atoms with van der Waals surface area (Å²) < 4.78 is 0. The molecule has 2 atom stereocenters. The third-order valence-electron chi connectivity index (χ3n) is 2.19. The second kappa shape index (κ2) is 6.59. The van der Waals surface area contributed by atoms with Gasteiger partial charge in [0.15, 0.2) is 0 Å². The van der Waals surface area contributed by atoms with Gasteiger partial charge >= 0.3 is 0 Å². The van der Waals surface area contributed by atoms with Crippen LogP contribution in [0.25, 0.3) is 0 Å². The SMILES string of the molecule is CCCC(N)C(=O)NC(C)C(=O)NC(C)(C)C. The molecule has 0 aliphatic heterocycles. The summed E-state index contributed by atoms with van der Waals surface area (Å²) in [5.41, 5.74) is 5.36. The van der Waals surface area contributed by atoms with Crippen LogP contribution < -0.4 is 16.4 Å². The zero-order valence-corrected chi connectivity index (χ0v) is 11.5. The highest BCUT2D eigenvalue weighted by molar-refractivity contribution is 5.89. The van der Waals surface area contributed by atoms with Gasteiger partial charge in [0.25, 0.3) is 0 Å². The maximum Gasteiger partial charge on any atom is 0.242 e. The molecule has 0 saturated carbocycles. The third kappa shape index (κ3) is 6.94. The summed E-state index contributed by atoms with van der Waals surface area (Å²) in [5, 5.41) is 5.41. The smallest absolute Gasteiger partial charge is 0.242 e. The van der Waals surface area contributed by atoms with Crippen molar-refractivity contribution in [2.45, 2.75) is 65.1 Å². The van der Waals surface area contributed by atoms with E-state index in [2.05, 4.69) is 10.6 Å². The minimum absolute atomic E-state index is 0.199. The summed E-state index contributed by atoms with van der Waals surface area (Å²) in [6.07, 6.45) is 1.47. The number of nitrogens with two attached hydrogens (primary N) is 1. The maximum atomic E-state index is 11.7. The van der Waals surface area contributed by atoms with Crippen LogP contribution in [-0.2, 0) is 9.59 Å². The fourth-order valence-electron chi connectivity index (χ4n) is 1.31. The van der Waals surface area contributed by atoms with E-state index in [1.807, 2.05) is 27.7 Å². The highest BCUT2D eigenvalue weighted by atomic mass is 16.2. The molecule has 4 N–H and O–H groups in total.